The lowest BCUT2D eigenvalue weighted by Gasteiger charge is -2.24. The van der Waals surface area contributed by atoms with Crippen LogP contribution in [-0.4, -0.2) is 27.6 Å². The fraction of sp³-hybridized carbons (Fsp3) is 0.538. The number of aromatic nitrogens is 1. The van der Waals surface area contributed by atoms with Gasteiger partial charge in [-0.25, -0.2) is 0 Å². The van der Waals surface area contributed by atoms with Crippen LogP contribution >= 0.6 is 12.2 Å². The van der Waals surface area contributed by atoms with Crippen molar-refractivity contribution in [2.24, 2.45) is 0 Å². The molecule has 0 radical (unpaired) electrons. The van der Waals surface area contributed by atoms with Gasteiger partial charge >= 0.3 is 0 Å². The van der Waals surface area contributed by atoms with Crippen molar-refractivity contribution in [1.82, 2.24) is 15.2 Å². The highest BCUT2D eigenvalue weighted by Crippen LogP contribution is 2.19. The molecule has 1 aliphatic carbocycles. The van der Waals surface area contributed by atoms with Gasteiger partial charge in [0, 0.05) is 18.3 Å². The molecule has 0 unspecified atom stereocenters. The first-order valence-corrected chi connectivity index (χ1v) is 6.58. The number of pyridine rings is 1. The van der Waals surface area contributed by atoms with Gasteiger partial charge in [0.2, 0.25) is 0 Å². The number of aryl methyl sites for hydroxylation is 1. The van der Waals surface area contributed by atoms with Crippen molar-refractivity contribution >= 4 is 17.3 Å². The lowest BCUT2D eigenvalue weighted by atomic mass is 10.3. The molecule has 0 aromatic carbocycles. The Morgan fingerprint density at radius 1 is 1.53 bits per heavy atom. The molecule has 0 atom stereocenters. The average Bonchev–Trinajstić information content (AvgIpc) is 3.09. The summed E-state index contributed by atoms with van der Waals surface area (Å²) < 4.78 is 0. The zero-order valence-electron chi connectivity index (χ0n) is 10.4. The Hall–Kier alpha value is -1.16. The number of rotatable bonds is 4. The highest BCUT2D eigenvalue weighted by Gasteiger charge is 2.23. The molecule has 0 amide bonds. The second kappa shape index (κ2) is 5.45. The molecular weight excluding hydrogens is 230 g/mol. The number of nitrogens with zero attached hydrogens (tertiary/aromatic N) is 2. The normalized spacial score (nSPS) is 14.5. The predicted octanol–water partition coefficient (Wildman–Crippen LogP) is 2.25. The van der Waals surface area contributed by atoms with Gasteiger partial charge in [-0.3, -0.25) is 4.98 Å². The first kappa shape index (κ1) is 12.3. The van der Waals surface area contributed by atoms with Crippen molar-refractivity contribution in [1.29, 1.82) is 0 Å². The van der Waals surface area contributed by atoms with E-state index in [4.69, 9.17) is 12.2 Å². The lowest BCUT2D eigenvalue weighted by Crippen LogP contribution is -2.40. The van der Waals surface area contributed by atoms with Crippen LogP contribution in [0.5, 0.6) is 0 Å². The van der Waals surface area contributed by atoms with Gasteiger partial charge in [0.05, 0.1) is 12.2 Å². The smallest absolute Gasteiger partial charge is 0.169 e. The molecule has 1 heterocycles. The Bertz CT molecular complexity index is 401. The van der Waals surface area contributed by atoms with Crippen molar-refractivity contribution in [3.05, 3.63) is 29.6 Å². The van der Waals surface area contributed by atoms with Crippen molar-refractivity contribution in [2.45, 2.75) is 39.3 Å². The first-order valence-electron chi connectivity index (χ1n) is 6.17. The summed E-state index contributed by atoms with van der Waals surface area (Å²) >= 11 is 5.41. The van der Waals surface area contributed by atoms with Crippen LogP contribution < -0.4 is 5.32 Å². The minimum atomic E-state index is 0.613. The summed E-state index contributed by atoms with van der Waals surface area (Å²) in [6.07, 6.45) is 2.50. The van der Waals surface area contributed by atoms with Crippen LogP contribution in [0, 0.1) is 6.92 Å². The zero-order valence-corrected chi connectivity index (χ0v) is 11.3. The van der Waals surface area contributed by atoms with Gasteiger partial charge in [-0.1, -0.05) is 6.07 Å². The third kappa shape index (κ3) is 3.66. The molecule has 3 nitrogen and oxygen atoms in total. The van der Waals surface area contributed by atoms with Gasteiger partial charge in [0.1, 0.15) is 0 Å². The molecule has 1 aliphatic rings. The van der Waals surface area contributed by atoms with Crippen LogP contribution in [0.1, 0.15) is 31.2 Å². The maximum Gasteiger partial charge on any atom is 0.169 e. The van der Waals surface area contributed by atoms with Gasteiger partial charge in [0.25, 0.3) is 0 Å². The summed E-state index contributed by atoms with van der Waals surface area (Å²) in [6.45, 7) is 5.84. The fourth-order valence-electron chi connectivity index (χ4n) is 1.70. The largest absolute Gasteiger partial charge is 0.360 e. The molecule has 92 valence electrons. The van der Waals surface area contributed by atoms with E-state index in [0.717, 1.165) is 29.6 Å². The third-order valence-corrected chi connectivity index (χ3v) is 3.25. The Morgan fingerprint density at radius 2 is 2.29 bits per heavy atom. The van der Waals surface area contributed by atoms with E-state index < -0.39 is 0 Å². The van der Waals surface area contributed by atoms with E-state index in [1.54, 1.807) is 0 Å². The van der Waals surface area contributed by atoms with Gasteiger partial charge < -0.3 is 10.2 Å². The quantitative estimate of drug-likeness (QED) is 0.829. The van der Waals surface area contributed by atoms with E-state index in [-0.39, 0.29) is 0 Å². The van der Waals surface area contributed by atoms with Gasteiger partial charge in [0.15, 0.2) is 5.11 Å². The van der Waals surface area contributed by atoms with Gasteiger partial charge in [-0.15, -0.1) is 0 Å². The summed E-state index contributed by atoms with van der Waals surface area (Å²) in [4.78, 5) is 6.67. The van der Waals surface area contributed by atoms with E-state index in [2.05, 4.69) is 28.2 Å². The Morgan fingerprint density at radius 3 is 2.88 bits per heavy atom. The lowest BCUT2D eigenvalue weighted by molar-refractivity contribution is 0.420. The highest BCUT2D eigenvalue weighted by atomic mass is 32.1. The number of nitrogens with one attached hydrogen (secondary N) is 1. The molecule has 17 heavy (non-hydrogen) atoms. The molecule has 4 heteroatoms. The second-order valence-electron chi connectivity index (χ2n) is 4.51. The average molecular weight is 249 g/mol. The Labute approximate surface area is 108 Å². The Balaban J connectivity index is 1.95. The van der Waals surface area contributed by atoms with Gasteiger partial charge in [-0.2, -0.15) is 0 Å². The van der Waals surface area contributed by atoms with Crippen LogP contribution in [-0.2, 0) is 6.54 Å². The molecule has 0 spiro atoms. The molecule has 0 saturated heterocycles. The molecule has 1 aromatic rings. The standard InChI is InChI=1S/C13H19N3S/c1-3-16(13(17)15-11-7-8-11)9-12-6-4-5-10(2)14-12/h4-6,11H,3,7-9H2,1-2H3,(H,15,17). The summed E-state index contributed by atoms with van der Waals surface area (Å²) in [5.74, 6) is 0. The molecule has 2 rings (SSSR count). The monoisotopic (exact) mass is 249 g/mol. The summed E-state index contributed by atoms with van der Waals surface area (Å²) in [5.41, 5.74) is 2.13. The maximum absolute atomic E-state index is 5.41. The fourth-order valence-corrected chi connectivity index (χ4v) is 2.06. The van der Waals surface area contributed by atoms with Crippen molar-refractivity contribution in [3.8, 4) is 0 Å². The molecule has 1 aromatic heterocycles. The summed E-state index contributed by atoms with van der Waals surface area (Å²) in [6, 6.07) is 6.72. The zero-order chi connectivity index (χ0) is 12.3. The summed E-state index contributed by atoms with van der Waals surface area (Å²) in [7, 11) is 0. The minimum absolute atomic E-state index is 0.613. The predicted molar refractivity (Wildman–Crippen MR) is 73.8 cm³/mol. The van der Waals surface area contributed by atoms with E-state index >= 15 is 0 Å². The molecule has 1 N–H and O–H groups in total. The van der Waals surface area contributed by atoms with Crippen LogP contribution in [0.3, 0.4) is 0 Å². The Kier molecular flexibility index (Phi) is 3.94. The topological polar surface area (TPSA) is 28.2 Å². The van der Waals surface area contributed by atoms with Crippen molar-refractivity contribution in [3.63, 3.8) is 0 Å². The van der Waals surface area contributed by atoms with E-state index in [1.807, 2.05) is 19.1 Å². The number of hydrogen-bond donors (Lipinski definition) is 1. The SMILES string of the molecule is CCN(Cc1cccc(C)n1)C(=S)NC1CC1. The third-order valence-electron chi connectivity index (χ3n) is 2.87. The highest BCUT2D eigenvalue weighted by molar-refractivity contribution is 7.80. The minimum Gasteiger partial charge on any atom is -0.360 e. The molecule has 0 aliphatic heterocycles. The molecular formula is C13H19N3S. The molecule has 0 bridgehead atoms. The van der Waals surface area contributed by atoms with Crippen LogP contribution in [0.2, 0.25) is 0 Å². The van der Waals surface area contributed by atoms with Crippen LogP contribution in [0.25, 0.3) is 0 Å². The number of thiocarbonyl (C=S) groups is 1. The van der Waals surface area contributed by atoms with Gasteiger partial charge in [-0.05, 0) is 51.0 Å². The second-order valence-corrected chi connectivity index (χ2v) is 4.89. The van der Waals surface area contributed by atoms with Crippen LogP contribution in [0.15, 0.2) is 18.2 Å². The van der Waals surface area contributed by atoms with Crippen molar-refractivity contribution < 1.29 is 0 Å². The molecule has 1 saturated carbocycles. The maximum atomic E-state index is 5.41. The van der Waals surface area contributed by atoms with Crippen LogP contribution in [0.4, 0.5) is 0 Å². The summed E-state index contributed by atoms with van der Waals surface area (Å²) in [5, 5.41) is 4.23. The van der Waals surface area contributed by atoms with E-state index in [1.165, 1.54) is 12.8 Å². The first-order chi connectivity index (χ1) is 8.19. The van der Waals surface area contributed by atoms with E-state index in [0.29, 0.717) is 6.04 Å². The van der Waals surface area contributed by atoms with Crippen molar-refractivity contribution in [2.75, 3.05) is 6.54 Å². The number of hydrogen-bond acceptors (Lipinski definition) is 2. The molecule has 1 fully saturated rings. The van der Waals surface area contributed by atoms with E-state index in [9.17, 15) is 0 Å².